The average Bonchev–Trinajstić information content (AvgIpc) is 4.22. The van der Waals surface area contributed by atoms with E-state index in [0.29, 0.717) is 107 Å². The van der Waals surface area contributed by atoms with Gasteiger partial charge >= 0.3 is 0 Å². The van der Waals surface area contributed by atoms with E-state index >= 15 is 0 Å². The summed E-state index contributed by atoms with van der Waals surface area (Å²) in [5, 5.41) is 34.4. The largest absolute Gasteiger partial charge is 0.491 e. The fraction of sp³-hybridized carbons (Fsp3) is 0.451. The van der Waals surface area contributed by atoms with Gasteiger partial charge in [-0.1, -0.05) is 25.1 Å². The Balaban J connectivity index is 1.06. The van der Waals surface area contributed by atoms with E-state index in [0.717, 1.165) is 57.1 Å². The van der Waals surface area contributed by atoms with Gasteiger partial charge in [0.05, 0.1) is 50.3 Å². The van der Waals surface area contributed by atoms with E-state index in [1.165, 1.54) is 0 Å². The van der Waals surface area contributed by atoms with Crippen LogP contribution in [0.1, 0.15) is 42.6 Å². The second-order valence-electron chi connectivity index (χ2n) is 17.8. The Morgan fingerprint density at radius 3 is 2.29 bits per heavy atom. The molecule has 7 heterocycles. The van der Waals surface area contributed by atoms with Crippen molar-refractivity contribution in [1.82, 2.24) is 45.1 Å². The zero-order valence-electron chi connectivity index (χ0n) is 40.3. The van der Waals surface area contributed by atoms with E-state index in [1.807, 2.05) is 72.3 Å². The number of aliphatic hydroxyl groups excluding tert-OH is 2. The predicted octanol–water partition coefficient (Wildman–Crippen LogP) is 4.62. The number of imidazole rings is 1. The fourth-order valence-electron chi connectivity index (χ4n) is 9.02. The SMILES string of the molecule is CCc1c(NC2COC(c3ccc(OCC(O)CNC)cc3-c3nc(NC4CCOC4)c(C)c(-c4ccnc(-n5ccnc5)c4)n3)C2)nc(-c2cccc(OCC(O)CNC)c2)nc1N1CCOCC1. The summed E-state index contributed by atoms with van der Waals surface area (Å²) in [6, 6.07) is 17.5. The minimum Gasteiger partial charge on any atom is -0.491 e. The van der Waals surface area contributed by atoms with Crippen molar-refractivity contribution >= 4 is 17.5 Å². The first-order valence-corrected chi connectivity index (χ1v) is 24.2. The summed E-state index contributed by atoms with van der Waals surface area (Å²) < 4.78 is 32.3. The quantitative estimate of drug-likeness (QED) is 0.0580. The smallest absolute Gasteiger partial charge is 0.164 e. The first kappa shape index (κ1) is 48.7. The number of hydrogen-bond acceptors (Lipinski definition) is 18. The Morgan fingerprint density at radius 1 is 0.786 bits per heavy atom. The van der Waals surface area contributed by atoms with Crippen LogP contribution >= 0.6 is 0 Å². The highest BCUT2D eigenvalue weighted by atomic mass is 16.5. The number of morpholine rings is 1. The molecule has 0 bridgehead atoms. The second-order valence-corrected chi connectivity index (χ2v) is 17.8. The zero-order valence-corrected chi connectivity index (χ0v) is 40.3. The summed E-state index contributed by atoms with van der Waals surface area (Å²) in [4.78, 5) is 32.1. The topological polar surface area (TPSA) is 220 Å². The highest BCUT2D eigenvalue weighted by Crippen LogP contribution is 2.41. The molecular formula is C51H64N12O7. The number of nitrogens with one attached hydrogen (secondary N) is 4. The molecule has 5 atom stereocenters. The van der Waals surface area contributed by atoms with Crippen LogP contribution in [0.15, 0.2) is 79.5 Å². The molecule has 3 aliphatic heterocycles. The van der Waals surface area contributed by atoms with Crippen molar-refractivity contribution in [3.63, 3.8) is 0 Å². The maximum atomic E-state index is 10.6. The van der Waals surface area contributed by atoms with Crippen molar-refractivity contribution in [2.24, 2.45) is 0 Å². The molecule has 0 spiro atoms. The van der Waals surface area contributed by atoms with E-state index < -0.39 is 12.2 Å². The van der Waals surface area contributed by atoms with Gasteiger partial charge in [-0.2, -0.15) is 0 Å². The van der Waals surface area contributed by atoms with Gasteiger partial charge in [-0.25, -0.2) is 29.9 Å². The molecule has 6 N–H and O–H groups in total. The average molecular weight is 957 g/mol. The Hall–Kier alpha value is -6.32. The van der Waals surface area contributed by atoms with Gasteiger partial charge in [0.25, 0.3) is 0 Å². The molecule has 2 aromatic carbocycles. The van der Waals surface area contributed by atoms with Crippen LogP contribution in [0.3, 0.4) is 0 Å². The Labute approximate surface area is 408 Å². The van der Waals surface area contributed by atoms with Crippen LogP contribution in [-0.2, 0) is 20.6 Å². The number of benzene rings is 2. The van der Waals surface area contributed by atoms with Gasteiger partial charge in [0.15, 0.2) is 11.6 Å². The van der Waals surface area contributed by atoms with E-state index in [9.17, 15) is 10.2 Å². The molecule has 19 nitrogen and oxygen atoms in total. The van der Waals surface area contributed by atoms with Gasteiger partial charge in [-0.3, -0.25) is 4.57 Å². The number of pyridine rings is 1. The predicted molar refractivity (Wildman–Crippen MR) is 267 cm³/mol. The third-order valence-corrected chi connectivity index (χ3v) is 12.7. The van der Waals surface area contributed by atoms with Crippen molar-refractivity contribution in [3.8, 4) is 51.3 Å². The number of nitrogens with zero attached hydrogens (tertiary/aromatic N) is 8. The van der Waals surface area contributed by atoms with Gasteiger partial charge in [-0.15, -0.1) is 0 Å². The van der Waals surface area contributed by atoms with Gasteiger partial charge in [0.1, 0.15) is 66.5 Å². The van der Waals surface area contributed by atoms with E-state index in [1.54, 1.807) is 32.8 Å². The minimum absolute atomic E-state index is 0.0831. The second kappa shape index (κ2) is 23.1. The maximum Gasteiger partial charge on any atom is 0.164 e. The molecule has 3 fully saturated rings. The van der Waals surface area contributed by atoms with Crippen LogP contribution in [0.25, 0.3) is 39.9 Å². The third kappa shape index (κ3) is 11.6. The molecule has 370 valence electrons. The zero-order chi connectivity index (χ0) is 48.4. The number of aliphatic hydroxyl groups is 2. The molecule has 5 unspecified atom stereocenters. The maximum absolute atomic E-state index is 10.6. The van der Waals surface area contributed by atoms with Gasteiger partial charge in [0.2, 0.25) is 0 Å². The van der Waals surface area contributed by atoms with Crippen LogP contribution in [0, 0.1) is 6.92 Å². The summed E-state index contributed by atoms with van der Waals surface area (Å²) in [6.07, 6.45) is 7.54. The number of likely N-dealkylation sites (N-methyl/N-ethyl adjacent to an activating group) is 2. The normalized spacial score (nSPS) is 19.0. The van der Waals surface area contributed by atoms with Crippen molar-refractivity contribution < 1.29 is 33.9 Å². The molecule has 19 heteroatoms. The lowest BCUT2D eigenvalue weighted by Gasteiger charge is -2.30. The summed E-state index contributed by atoms with van der Waals surface area (Å²) in [6.45, 7) is 9.51. The minimum atomic E-state index is -0.708. The van der Waals surface area contributed by atoms with Gasteiger partial charge in [-0.05, 0) is 75.8 Å². The van der Waals surface area contributed by atoms with Gasteiger partial charge in [0, 0.05) is 85.6 Å². The number of hydrogen-bond donors (Lipinski definition) is 6. The molecule has 6 aromatic rings. The molecule has 0 aliphatic carbocycles. The fourth-order valence-corrected chi connectivity index (χ4v) is 9.02. The number of anilines is 3. The highest BCUT2D eigenvalue weighted by Gasteiger charge is 2.32. The van der Waals surface area contributed by atoms with E-state index in [4.69, 9.17) is 43.6 Å². The molecular weight excluding hydrogens is 893 g/mol. The van der Waals surface area contributed by atoms with Crippen molar-refractivity contribution in [1.29, 1.82) is 0 Å². The number of rotatable bonds is 21. The third-order valence-electron chi connectivity index (χ3n) is 12.7. The first-order chi connectivity index (χ1) is 34.3. The molecule has 4 aromatic heterocycles. The van der Waals surface area contributed by atoms with Crippen LogP contribution in [0.5, 0.6) is 11.5 Å². The lowest BCUT2D eigenvalue weighted by atomic mass is 9.97. The summed E-state index contributed by atoms with van der Waals surface area (Å²) in [5.41, 5.74) is 5.95. The van der Waals surface area contributed by atoms with Crippen LogP contribution in [-0.4, -0.2) is 155 Å². The standard InChI is InChI=1S/C51H64N12O7/c1-5-41-49(60-48(61-51(41)62-16-19-66-20-17-62)34-7-6-8-39(21-34)68-29-37(64)25-52-3)57-36-23-44(70-28-36)42-10-9-40(69-30-38(65)26-53-4)24-43(42)50-58-46(32(2)47(59-50)56-35-12-18-67-27-35)33-11-13-55-45(22-33)63-15-14-54-31-63/h6-11,13-15,21-22,24,31,35-38,44,52-53,64-65H,5,12,16-20,23,25-30H2,1-4H3,(H,56,58,59)(H,57,60,61). The molecule has 70 heavy (non-hydrogen) atoms. The highest BCUT2D eigenvalue weighted by molar-refractivity contribution is 5.75. The van der Waals surface area contributed by atoms with Gasteiger partial charge < -0.3 is 60.1 Å². The van der Waals surface area contributed by atoms with E-state index in [2.05, 4.69) is 43.1 Å². The Kier molecular flexibility index (Phi) is 16.0. The number of ether oxygens (including phenoxy) is 5. The summed E-state index contributed by atoms with van der Waals surface area (Å²) >= 11 is 0. The summed E-state index contributed by atoms with van der Waals surface area (Å²) in [7, 11) is 3.59. The summed E-state index contributed by atoms with van der Waals surface area (Å²) in [5.74, 6) is 5.26. The van der Waals surface area contributed by atoms with Crippen LogP contribution in [0.4, 0.5) is 17.5 Å². The van der Waals surface area contributed by atoms with Crippen LogP contribution < -0.4 is 35.6 Å². The lowest BCUT2D eigenvalue weighted by molar-refractivity contribution is 0.107. The number of aromatic nitrogens is 7. The molecule has 9 rings (SSSR count). The Morgan fingerprint density at radius 2 is 1.56 bits per heavy atom. The molecule has 0 radical (unpaired) electrons. The molecule has 0 amide bonds. The lowest BCUT2D eigenvalue weighted by Crippen LogP contribution is -2.38. The van der Waals surface area contributed by atoms with Crippen molar-refractivity contribution in [3.05, 3.63) is 96.2 Å². The molecule has 3 aliphatic rings. The molecule has 3 saturated heterocycles. The van der Waals surface area contributed by atoms with Crippen molar-refractivity contribution in [2.75, 3.05) is 102 Å². The first-order valence-electron chi connectivity index (χ1n) is 24.2. The van der Waals surface area contributed by atoms with Crippen molar-refractivity contribution in [2.45, 2.75) is 63.5 Å². The Bertz CT molecular complexity index is 2660. The van der Waals surface area contributed by atoms with Crippen LogP contribution in [0.2, 0.25) is 0 Å². The molecule has 0 saturated carbocycles. The monoisotopic (exact) mass is 957 g/mol. The van der Waals surface area contributed by atoms with E-state index in [-0.39, 0.29) is 31.4 Å².